The number of benzene rings is 1. The fourth-order valence-electron chi connectivity index (χ4n) is 2.91. The summed E-state index contributed by atoms with van der Waals surface area (Å²) >= 11 is 0. The van der Waals surface area contributed by atoms with E-state index in [1.807, 2.05) is 19.9 Å². The standard InChI is InChI=1S/C17H22N2O3S/c1-3-5-12(2)11-23(21,22)19-17(20)16-9-15(16)14-7-4-6-13(8-14)10-18/h4,6-8,12,15-16H,3,5,9,11H2,1-2H3,(H,19,20)/t12-,15+,16-/m0/s1. The summed E-state index contributed by atoms with van der Waals surface area (Å²) in [5, 5.41) is 8.91. The van der Waals surface area contributed by atoms with Crippen LogP contribution in [0.3, 0.4) is 0 Å². The van der Waals surface area contributed by atoms with E-state index in [-0.39, 0.29) is 23.5 Å². The largest absolute Gasteiger partial charge is 0.274 e. The first-order valence-electron chi connectivity index (χ1n) is 7.90. The maximum atomic E-state index is 12.1. The lowest BCUT2D eigenvalue weighted by Gasteiger charge is -2.11. The number of nitrogens with one attached hydrogen (secondary N) is 1. The third-order valence-corrected chi connectivity index (χ3v) is 5.63. The molecule has 0 radical (unpaired) electrons. The Morgan fingerprint density at radius 1 is 1.48 bits per heavy atom. The summed E-state index contributed by atoms with van der Waals surface area (Å²) in [4.78, 5) is 12.1. The Morgan fingerprint density at radius 2 is 2.22 bits per heavy atom. The van der Waals surface area contributed by atoms with Crippen LogP contribution >= 0.6 is 0 Å². The highest BCUT2D eigenvalue weighted by atomic mass is 32.2. The van der Waals surface area contributed by atoms with Crippen LogP contribution in [0, 0.1) is 23.2 Å². The van der Waals surface area contributed by atoms with Crippen LogP contribution in [0.5, 0.6) is 0 Å². The van der Waals surface area contributed by atoms with E-state index < -0.39 is 15.9 Å². The molecule has 0 aliphatic heterocycles. The fourth-order valence-corrected chi connectivity index (χ4v) is 4.37. The molecule has 124 valence electrons. The van der Waals surface area contributed by atoms with Crippen LogP contribution in [-0.2, 0) is 14.8 Å². The predicted octanol–water partition coefficient (Wildman–Crippen LogP) is 2.54. The SMILES string of the molecule is CCC[C@H](C)CS(=O)(=O)NC(=O)[C@H]1C[C@@H]1c1cccc(C#N)c1. The van der Waals surface area contributed by atoms with E-state index in [0.717, 1.165) is 18.4 Å². The van der Waals surface area contributed by atoms with Gasteiger partial charge in [0.2, 0.25) is 15.9 Å². The van der Waals surface area contributed by atoms with Crippen molar-refractivity contribution < 1.29 is 13.2 Å². The Kier molecular flexibility index (Phi) is 5.42. The molecule has 6 heteroatoms. The van der Waals surface area contributed by atoms with Gasteiger partial charge in [0.05, 0.1) is 17.4 Å². The summed E-state index contributed by atoms with van der Waals surface area (Å²) in [5.74, 6) is -0.728. The lowest BCUT2D eigenvalue weighted by Crippen LogP contribution is -2.35. The van der Waals surface area contributed by atoms with Crippen molar-refractivity contribution in [2.45, 2.75) is 39.0 Å². The maximum Gasteiger partial charge on any atom is 0.237 e. The number of sulfonamides is 1. The van der Waals surface area contributed by atoms with Crippen LogP contribution in [0.1, 0.15) is 50.2 Å². The summed E-state index contributed by atoms with van der Waals surface area (Å²) in [6.45, 7) is 3.88. The molecule has 5 nitrogen and oxygen atoms in total. The molecule has 2 rings (SSSR count). The number of carbonyl (C=O) groups excluding carboxylic acids is 1. The highest BCUT2D eigenvalue weighted by Gasteiger charge is 2.45. The van der Waals surface area contributed by atoms with Gasteiger partial charge in [0.15, 0.2) is 0 Å². The number of rotatable bonds is 7. The molecule has 0 bridgehead atoms. The molecular weight excluding hydrogens is 312 g/mol. The van der Waals surface area contributed by atoms with Crippen LogP contribution in [-0.4, -0.2) is 20.1 Å². The van der Waals surface area contributed by atoms with Crippen molar-refractivity contribution in [3.63, 3.8) is 0 Å². The van der Waals surface area contributed by atoms with E-state index in [0.29, 0.717) is 12.0 Å². The summed E-state index contributed by atoms with van der Waals surface area (Å²) in [6, 6.07) is 9.19. The third-order valence-electron chi connectivity index (χ3n) is 4.11. The van der Waals surface area contributed by atoms with Crippen molar-refractivity contribution in [1.82, 2.24) is 4.72 Å². The van der Waals surface area contributed by atoms with Crippen molar-refractivity contribution in [2.75, 3.05) is 5.75 Å². The number of nitrogens with zero attached hydrogens (tertiary/aromatic N) is 1. The van der Waals surface area contributed by atoms with E-state index in [4.69, 9.17) is 5.26 Å². The smallest absolute Gasteiger partial charge is 0.237 e. The molecule has 1 N–H and O–H groups in total. The normalized spacial score (nSPS) is 21.3. The van der Waals surface area contributed by atoms with Crippen molar-refractivity contribution in [1.29, 1.82) is 5.26 Å². The molecule has 1 aromatic rings. The predicted molar refractivity (Wildman–Crippen MR) is 88.0 cm³/mol. The maximum absolute atomic E-state index is 12.1. The van der Waals surface area contributed by atoms with Crippen molar-refractivity contribution in [2.24, 2.45) is 11.8 Å². The van der Waals surface area contributed by atoms with Crippen molar-refractivity contribution in [3.8, 4) is 6.07 Å². The van der Waals surface area contributed by atoms with Gasteiger partial charge in [0, 0.05) is 5.92 Å². The molecule has 1 saturated carbocycles. The molecule has 1 aromatic carbocycles. The fraction of sp³-hybridized carbons (Fsp3) is 0.529. The summed E-state index contributed by atoms with van der Waals surface area (Å²) in [7, 11) is -3.58. The molecule has 1 amide bonds. The Bertz CT molecular complexity index is 722. The second-order valence-electron chi connectivity index (χ2n) is 6.33. The average molecular weight is 334 g/mol. The van der Waals surface area contributed by atoms with Gasteiger partial charge >= 0.3 is 0 Å². The first-order chi connectivity index (χ1) is 10.9. The van der Waals surface area contributed by atoms with E-state index in [9.17, 15) is 13.2 Å². The molecule has 1 aliphatic rings. The van der Waals surface area contributed by atoms with Crippen LogP contribution in [0.25, 0.3) is 0 Å². The molecule has 0 saturated heterocycles. The zero-order chi connectivity index (χ0) is 17.0. The first-order valence-corrected chi connectivity index (χ1v) is 9.56. The molecule has 0 aromatic heterocycles. The lowest BCUT2D eigenvalue weighted by atomic mass is 10.1. The number of nitriles is 1. The number of hydrogen-bond acceptors (Lipinski definition) is 4. The van der Waals surface area contributed by atoms with Crippen LogP contribution in [0.15, 0.2) is 24.3 Å². The molecule has 0 spiro atoms. The molecule has 1 aliphatic carbocycles. The van der Waals surface area contributed by atoms with Gasteiger partial charge in [-0.2, -0.15) is 5.26 Å². The molecule has 0 unspecified atom stereocenters. The molecular formula is C17H22N2O3S. The van der Waals surface area contributed by atoms with Gasteiger partial charge in [-0.1, -0.05) is 32.4 Å². The minimum Gasteiger partial charge on any atom is -0.274 e. The van der Waals surface area contributed by atoms with Gasteiger partial charge in [-0.05, 0) is 42.4 Å². The highest BCUT2D eigenvalue weighted by molar-refractivity contribution is 7.90. The van der Waals surface area contributed by atoms with Crippen LogP contribution in [0.2, 0.25) is 0 Å². The summed E-state index contributed by atoms with van der Waals surface area (Å²) in [6.07, 6.45) is 2.37. The van der Waals surface area contributed by atoms with E-state index in [2.05, 4.69) is 10.8 Å². The molecule has 1 fully saturated rings. The second kappa shape index (κ2) is 7.14. The quantitative estimate of drug-likeness (QED) is 0.830. The number of hydrogen-bond donors (Lipinski definition) is 1. The van der Waals surface area contributed by atoms with E-state index in [1.54, 1.807) is 18.2 Å². The Morgan fingerprint density at radius 3 is 2.87 bits per heavy atom. The van der Waals surface area contributed by atoms with Gasteiger partial charge in [0.25, 0.3) is 0 Å². The van der Waals surface area contributed by atoms with Gasteiger partial charge in [-0.15, -0.1) is 0 Å². The minimum atomic E-state index is -3.58. The second-order valence-corrected chi connectivity index (χ2v) is 8.09. The monoisotopic (exact) mass is 334 g/mol. The number of carbonyl (C=O) groups is 1. The Labute approximate surface area is 137 Å². The Balaban J connectivity index is 1.94. The Hall–Kier alpha value is -1.87. The summed E-state index contributed by atoms with van der Waals surface area (Å²) < 4.78 is 26.3. The molecule has 3 atom stereocenters. The van der Waals surface area contributed by atoms with Crippen molar-refractivity contribution in [3.05, 3.63) is 35.4 Å². The average Bonchev–Trinajstić information content (AvgIpc) is 3.27. The summed E-state index contributed by atoms with van der Waals surface area (Å²) in [5.41, 5.74) is 1.47. The van der Waals surface area contributed by atoms with E-state index in [1.165, 1.54) is 0 Å². The molecule has 23 heavy (non-hydrogen) atoms. The zero-order valence-electron chi connectivity index (χ0n) is 13.5. The minimum absolute atomic E-state index is 0.00608. The van der Waals surface area contributed by atoms with Crippen LogP contribution < -0.4 is 4.72 Å². The first kappa shape index (κ1) is 17.5. The van der Waals surface area contributed by atoms with Crippen molar-refractivity contribution >= 4 is 15.9 Å². The van der Waals surface area contributed by atoms with Gasteiger partial charge in [-0.3, -0.25) is 9.52 Å². The third kappa shape index (κ3) is 4.80. The zero-order valence-corrected chi connectivity index (χ0v) is 14.3. The molecule has 0 heterocycles. The van der Waals surface area contributed by atoms with Gasteiger partial charge in [-0.25, -0.2) is 8.42 Å². The highest BCUT2D eigenvalue weighted by Crippen LogP contribution is 2.47. The lowest BCUT2D eigenvalue weighted by molar-refractivity contribution is -0.120. The van der Waals surface area contributed by atoms with Gasteiger partial charge in [0.1, 0.15) is 0 Å². The van der Waals surface area contributed by atoms with Crippen LogP contribution in [0.4, 0.5) is 0 Å². The number of amides is 1. The topological polar surface area (TPSA) is 87.0 Å². The van der Waals surface area contributed by atoms with E-state index >= 15 is 0 Å². The van der Waals surface area contributed by atoms with Gasteiger partial charge < -0.3 is 0 Å².